The lowest BCUT2D eigenvalue weighted by Crippen LogP contribution is -1.91. The fourth-order valence-electron chi connectivity index (χ4n) is 1.95. The van der Waals surface area contributed by atoms with E-state index in [0.717, 1.165) is 11.1 Å². The van der Waals surface area contributed by atoms with Gasteiger partial charge in [0, 0.05) is 39.5 Å². The summed E-state index contributed by atoms with van der Waals surface area (Å²) in [5.41, 5.74) is 19.9. The van der Waals surface area contributed by atoms with E-state index in [4.69, 9.17) is 11.1 Å². The predicted molar refractivity (Wildman–Crippen MR) is 86.7 cm³/mol. The summed E-state index contributed by atoms with van der Waals surface area (Å²) in [6.45, 7) is 0.544. The molecule has 0 saturated heterocycles. The van der Waals surface area contributed by atoms with Crippen molar-refractivity contribution in [2.24, 2.45) is 15.2 Å². The van der Waals surface area contributed by atoms with E-state index in [1.165, 1.54) is 0 Å². The van der Waals surface area contributed by atoms with Crippen LogP contribution in [-0.4, -0.2) is 12.8 Å². The second-order valence-electron chi connectivity index (χ2n) is 4.35. The SMILES string of the molecule is [N-]=[N+]=Nc1ccccc1C=NCCc1ccccc1N=[N+]=[N-]. The quantitative estimate of drug-likeness (QED) is 0.300. The molecule has 0 heterocycles. The molecular formula is C15H13N7. The summed E-state index contributed by atoms with van der Waals surface area (Å²) in [4.78, 5) is 9.94. The topological polar surface area (TPSA) is 110 Å². The van der Waals surface area contributed by atoms with Gasteiger partial charge in [0.05, 0.1) is 0 Å². The molecule has 22 heavy (non-hydrogen) atoms. The summed E-state index contributed by atoms with van der Waals surface area (Å²) in [6, 6.07) is 14.6. The molecule has 0 unspecified atom stereocenters. The van der Waals surface area contributed by atoms with Crippen LogP contribution in [0.15, 0.2) is 63.8 Å². The van der Waals surface area contributed by atoms with Crippen molar-refractivity contribution in [2.45, 2.75) is 6.42 Å². The van der Waals surface area contributed by atoms with E-state index in [1.54, 1.807) is 24.4 Å². The van der Waals surface area contributed by atoms with Gasteiger partial charge in [-0.3, -0.25) is 4.99 Å². The molecule has 0 saturated carbocycles. The summed E-state index contributed by atoms with van der Waals surface area (Å²) in [6.07, 6.45) is 2.34. The van der Waals surface area contributed by atoms with Crippen molar-refractivity contribution in [1.29, 1.82) is 0 Å². The molecule has 0 atom stereocenters. The number of benzene rings is 2. The third kappa shape index (κ3) is 4.11. The third-order valence-corrected chi connectivity index (χ3v) is 2.97. The molecule has 0 bridgehead atoms. The second kappa shape index (κ2) is 8.11. The van der Waals surface area contributed by atoms with Gasteiger partial charge in [-0.15, -0.1) is 0 Å². The minimum Gasteiger partial charge on any atom is -0.292 e. The maximum atomic E-state index is 8.53. The molecule has 0 spiro atoms. The van der Waals surface area contributed by atoms with E-state index in [9.17, 15) is 0 Å². The third-order valence-electron chi connectivity index (χ3n) is 2.97. The Morgan fingerprint density at radius 1 is 0.864 bits per heavy atom. The van der Waals surface area contributed by atoms with Gasteiger partial charge in [-0.05, 0) is 23.0 Å². The zero-order valence-electron chi connectivity index (χ0n) is 11.7. The van der Waals surface area contributed by atoms with Crippen molar-refractivity contribution in [2.75, 3.05) is 6.54 Å². The van der Waals surface area contributed by atoms with Gasteiger partial charge in [0.1, 0.15) is 0 Å². The fraction of sp³-hybridized carbons (Fsp3) is 0.133. The van der Waals surface area contributed by atoms with Gasteiger partial charge in [0.15, 0.2) is 0 Å². The van der Waals surface area contributed by atoms with Crippen LogP contribution in [0.3, 0.4) is 0 Å². The minimum absolute atomic E-state index is 0.544. The van der Waals surface area contributed by atoms with Crippen LogP contribution in [0.2, 0.25) is 0 Å². The smallest absolute Gasteiger partial charge is 0.0463 e. The summed E-state index contributed by atoms with van der Waals surface area (Å²) in [7, 11) is 0. The van der Waals surface area contributed by atoms with E-state index in [1.807, 2.05) is 30.3 Å². The lowest BCUT2D eigenvalue weighted by molar-refractivity contribution is 0.972. The van der Waals surface area contributed by atoms with Crippen LogP contribution in [0.25, 0.3) is 20.9 Å². The van der Waals surface area contributed by atoms with Crippen molar-refractivity contribution >= 4 is 17.6 Å². The molecular weight excluding hydrogens is 278 g/mol. The van der Waals surface area contributed by atoms with E-state index in [0.29, 0.717) is 24.3 Å². The molecule has 0 fully saturated rings. The molecule has 0 aliphatic carbocycles. The van der Waals surface area contributed by atoms with Gasteiger partial charge in [0.25, 0.3) is 0 Å². The molecule has 0 aliphatic heterocycles. The van der Waals surface area contributed by atoms with Gasteiger partial charge < -0.3 is 0 Å². The van der Waals surface area contributed by atoms with Crippen LogP contribution < -0.4 is 0 Å². The number of nitrogens with zero attached hydrogens (tertiary/aromatic N) is 7. The zero-order chi connectivity index (χ0) is 15.6. The van der Waals surface area contributed by atoms with Crippen molar-refractivity contribution in [3.63, 3.8) is 0 Å². The van der Waals surface area contributed by atoms with Crippen LogP contribution in [0.1, 0.15) is 11.1 Å². The van der Waals surface area contributed by atoms with E-state index in [2.05, 4.69) is 25.0 Å². The van der Waals surface area contributed by atoms with Crippen molar-refractivity contribution in [3.8, 4) is 0 Å². The average Bonchev–Trinajstić information content (AvgIpc) is 2.55. The number of aliphatic imine (C=N–C) groups is 1. The first kappa shape index (κ1) is 15.1. The lowest BCUT2D eigenvalue weighted by atomic mass is 10.1. The largest absolute Gasteiger partial charge is 0.292 e. The highest BCUT2D eigenvalue weighted by atomic mass is 15.1. The van der Waals surface area contributed by atoms with Gasteiger partial charge in [-0.25, -0.2) is 0 Å². The van der Waals surface area contributed by atoms with E-state index in [-0.39, 0.29) is 0 Å². The van der Waals surface area contributed by atoms with Crippen LogP contribution >= 0.6 is 0 Å². The number of rotatable bonds is 6. The Kier molecular flexibility index (Phi) is 5.58. The molecule has 0 N–H and O–H groups in total. The molecule has 2 aromatic carbocycles. The van der Waals surface area contributed by atoms with Crippen LogP contribution in [0.4, 0.5) is 11.4 Å². The van der Waals surface area contributed by atoms with Gasteiger partial charge in [-0.2, -0.15) is 0 Å². The van der Waals surface area contributed by atoms with Crippen molar-refractivity contribution in [1.82, 2.24) is 0 Å². The average molecular weight is 291 g/mol. The Morgan fingerprint density at radius 3 is 2.27 bits per heavy atom. The normalized spacial score (nSPS) is 10.0. The number of azide groups is 2. The Labute approximate surface area is 127 Å². The second-order valence-corrected chi connectivity index (χ2v) is 4.35. The maximum absolute atomic E-state index is 8.53. The monoisotopic (exact) mass is 291 g/mol. The fourth-order valence-corrected chi connectivity index (χ4v) is 1.95. The summed E-state index contributed by atoms with van der Waals surface area (Å²) < 4.78 is 0. The lowest BCUT2D eigenvalue weighted by Gasteiger charge is -2.02. The Bertz CT molecular complexity index is 769. The van der Waals surface area contributed by atoms with Crippen molar-refractivity contribution < 1.29 is 0 Å². The molecule has 7 heteroatoms. The predicted octanol–water partition coefficient (Wildman–Crippen LogP) is 5.23. The first-order valence-corrected chi connectivity index (χ1v) is 6.62. The molecule has 0 radical (unpaired) electrons. The summed E-state index contributed by atoms with van der Waals surface area (Å²) >= 11 is 0. The molecule has 2 aromatic rings. The van der Waals surface area contributed by atoms with Gasteiger partial charge in [0.2, 0.25) is 0 Å². The standard InChI is InChI=1S/C15H13N7/c16-21-19-14-7-3-1-5-12(14)9-10-18-11-13-6-2-4-8-15(13)20-22-17/h1-8,11H,9-10H2. The van der Waals surface area contributed by atoms with Crippen molar-refractivity contribution in [3.05, 3.63) is 80.5 Å². The first-order valence-electron chi connectivity index (χ1n) is 6.62. The molecule has 108 valence electrons. The molecule has 0 aliphatic rings. The zero-order valence-corrected chi connectivity index (χ0v) is 11.7. The Balaban J connectivity index is 2.05. The van der Waals surface area contributed by atoms with E-state index >= 15 is 0 Å². The van der Waals surface area contributed by atoms with Crippen LogP contribution in [0, 0.1) is 0 Å². The summed E-state index contributed by atoms with van der Waals surface area (Å²) in [5, 5.41) is 7.27. The van der Waals surface area contributed by atoms with Crippen LogP contribution in [-0.2, 0) is 6.42 Å². The maximum Gasteiger partial charge on any atom is 0.0463 e. The highest BCUT2D eigenvalue weighted by Crippen LogP contribution is 2.20. The molecule has 0 aromatic heterocycles. The molecule has 2 rings (SSSR count). The number of hydrogen-bond donors (Lipinski definition) is 0. The molecule has 7 nitrogen and oxygen atoms in total. The van der Waals surface area contributed by atoms with Gasteiger partial charge in [-0.1, -0.05) is 58.8 Å². The Morgan fingerprint density at radius 2 is 1.50 bits per heavy atom. The van der Waals surface area contributed by atoms with Gasteiger partial charge >= 0.3 is 0 Å². The van der Waals surface area contributed by atoms with E-state index < -0.39 is 0 Å². The highest BCUT2D eigenvalue weighted by molar-refractivity contribution is 5.86. The minimum atomic E-state index is 0.544. The summed E-state index contributed by atoms with van der Waals surface area (Å²) in [5.74, 6) is 0. The Hall–Kier alpha value is -3.27. The first-order chi connectivity index (χ1) is 10.8. The number of hydrogen-bond acceptors (Lipinski definition) is 3. The highest BCUT2D eigenvalue weighted by Gasteiger charge is 1.99. The van der Waals surface area contributed by atoms with Crippen LogP contribution in [0.5, 0.6) is 0 Å². The molecule has 0 amide bonds.